The Morgan fingerprint density at radius 2 is 1.82 bits per heavy atom. The maximum atomic E-state index is 5.83. The molecule has 4 nitrogen and oxygen atoms in total. The Bertz CT molecular complexity index is 438. The minimum Gasteiger partial charge on any atom is -0.389 e. The van der Waals surface area contributed by atoms with Crippen LogP contribution in [0.3, 0.4) is 0 Å². The van der Waals surface area contributed by atoms with E-state index in [0.29, 0.717) is 4.99 Å². The molecule has 5 heteroatoms. The van der Waals surface area contributed by atoms with Crippen molar-refractivity contribution in [2.75, 3.05) is 18.0 Å². The fourth-order valence-corrected chi connectivity index (χ4v) is 2.46. The SMILES string of the molecule is Cc1nnc(N2CCCCC2)c(C(N)=S)c1C. The summed E-state index contributed by atoms with van der Waals surface area (Å²) >= 11 is 5.15. The van der Waals surface area contributed by atoms with Crippen LogP contribution in [0, 0.1) is 13.8 Å². The number of rotatable bonds is 2. The van der Waals surface area contributed by atoms with Crippen LogP contribution in [0.25, 0.3) is 0 Å². The molecule has 0 spiro atoms. The number of nitrogens with zero attached hydrogens (tertiary/aromatic N) is 3. The van der Waals surface area contributed by atoms with Crippen molar-refractivity contribution < 1.29 is 0 Å². The van der Waals surface area contributed by atoms with Crippen LogP contribution in [0.5, 0.6) is 0 Å². The molecule has 17 heavy (non-hydrogen) atoms. The van der Waals surface area contributed by atoms with Gasteiger partial charge < -0.3 is 10.6 Å². The van der Waals surface area contributed by atoms with E-state index in [-0.39, 0.29) is 0 Å². The minimum atomic E-state index is 0.418. The smallest absolute Gasteiger partial charge is 0.161 e. The monoisotopic (exact) mass is 250 g/mol. The van der Waals surface area contributed by atoms with Crippen LogP contribution in [-0.2, 0) is 0 Å². The molecular weight excluding hydrogens is 232 g/mol. The highest BCUT2D eigenvalue weighted by atomic mass is 32.1. The Balaban J connectivity index is 2.45. The van der Waals surface area contributed by atoms with Gasteiger partial charge in [-0.15, -0.1) is 5.10 Å². The molecule has 2 N–H and O–H groups in total. The standard InChI is InChI=1S/C12H18N4S/c1-8-9(2)14-15-12(10(8)11(13)17)16-6-4-3-5-7-16/h3-7H2,1-2H3,(H2,13,17). The third-order valence-electron chi connectivity index (χ3n) is 3.34. The maximum absolute atomic E-state index is 5.83. The van der Waals surface area contributed by atoms with Crippen LogP contribution in [0.2, 0.25) is 0 Å². The first-order chi connectivity index (χ1) is 8.11. The van der Waals surface area contributed by atoms with Gasteiger partial charge in [0.1, 0.15) is 4.99 Å². The van der Waals surface area contributed by atoms with Crippen LogP contribution < -0.4 is 10.6 Å². The Kier molecular flexibility index (Phi) is 3.57. The van der Waals surface area contributed by atoms with Gasteiger partial charge in [-0.3, -0.25) is 0 Å². The van der Waals surface area contributed by atoms with Gasteiger partial charge in [-0.2, -0.15) is 5.10 Å². The summed E-state index contributed by atoms with van der Waals surface area (Å²) in [5, 5.41) is 8.48. The van der Waals surface area contributed by atoms with Crippen molar-refractivity contribution in [3.63, 3.8) is 0 Å². The molecule has 0 atom stereocenters. The second-order valence-electron chi connectivity index (χ2n) is 4.52. The molecular formula is C12H18N4S. The van der Waals surface area contributed by atoms with Crippen LogP contribution in [0.4, 0.5) is 5.82 Å². The Labute approximate surface area is 107 Å². The van der Waals surface area contributed by atoms with Crippen molar-refractivity contribution in [2.45, 2.75) is 33.1 Å². The average Bonchev–Trinajstić information content (AvgIpc) is 2.33. The van der Waals surface area contributed by atoms with Crippen molar-refractivity contribution in [1.29, 1.82) is 0 Å². The average molecular weight is 250 g/mol. The molecule has 0 amide bonds. The molecule has 1 aliphatic heterocycles. The van der Waals surface area contributed by atoms with Crippen LogP contribution in [0.1, 0.15) is 36.1 Å². The maximum Gasteiger partial charge on any atom is 0.161 e. The Morgan fingerprint density at radius 1 is 1.18 bits per heavy atom. The van der Waals surface area contributed by atoms with E-state index in [2.05, 4.69) is 15.1 Å². The van der Waals surface area contributed by atoms with Crippen molar-refractivity contribution >= 4 is 23.0 Å². The fraction of sp³-hybridized carbons (Fsp3) is 0.583. The number of anilines is 1. The first kappa shape index (κ1) is 12.2. The van der Waals surface area contributed by atoms with Gasteiger partial charge in [-0.25, -0.2) is 0 Å². The molecule has 1 fully saturated rings. The third-order valence-corrected chi connectivity index (χ3v) is 3.54. The predicted octanol–water partition coefficient (Wildman–Crippen LogP) is 1.72. The summed E-state index contributed by atoms with van der Waals surface area (Å²) in [5.41, 5.74) is 8.67. The number of thiocarbonyl (C=S) groups is 1. The van der Waals surface area contributed by atoms with E-state index in [1.807, 2.05) is 13.8 Å². The van der Waals surface area contributed by atoms with Crippen molar-refractivity contribution in [2.24, 2.45) is 5.73 Å². The van der Waals surface area contributed by atoms with Gasteiger partial charge >= 0.3 is 0 Å². The quantitative estimate of drug-likeness (QED) is 0.810. The van der Waals surface area contributed by atoms with E-state index in [9.17, 15) is 0 Å². The second kappa shape index (κ2) is 4.96. The number of hydrogen-bond acceptors (Lipinski definition) is 4. The van der Waals surface area contributed by atoms with E-state index < -0.39 is 0 Å². The first-order valence-corrected chi connectivity index (χ1v) is 6.40. The molecule has 2 heterocycles. The molecule has 1 saturated heterocycles. The van der Waals surface area contributed by atoms with Crippen molar-refractivity contribution in [3.05, 3.63) is 16.8 Å². The molecule has 0 unspecified atom stereocenters. The lowest BCUT2D eigenvalue weighted by Crippen LogP contribution is -2.33. The molecule has 92 valence electrons. The number of aryl methyl sites for hydroxylation is 1. The van der Waals surface area contributed by atoms with Crippen LogP contribution in [0.15, 0.2) is 0 Å². The zero-order valence-corrected chi connectivity index (χ0v) is 11.2. The van der Waals surface area contributed by atoms with Gasteiger partial charge in [-0.1, -0.05) is 12.2 Å². The zero-order valence-electron chi connectivity index (χ0n) is 10.4. The first-order valence-electron chi connectivity index (χ1n) is 6.00. The van der Waals surface area contributed by atoms with Gasteiger partial charge in [0.15, 0.2) is 5.82 Å². The lowest BCUT2D eigenvalue weighted by molar-refractivity contribution is 0.570. The normalized spacial score (nSPS) is 16.0. The van der Waals surface area contributed by atoms with Crippen LogP contribution in [-0.4, -0.2) is 28.3 Å². The number of nitrogens with two attached hydrogens (primary N) is 1. The molecule has 0 bridgehead atoms. The summed E-state index contributed by atoms with van der Waals surface area (Å²) in [7, 11) is 0. The highest BCUT2D eigenvalue weighted by Gasteiger charge is 2.20. The summed E-state index contributed by atoms with van der Waals surface area (Å²) < 4.78 is 0. The zero-order chi connectivity index (χ0) is 12.4. The Morgan fingerprint density at radius 3 is 2.41 bits per heavy atom. The van der Waals surface area contributed by atoms with Crippen molar-refractivity contribution in [1.82, 2.24) is 10.2 Å². The highest BCUT2D eigenvalue weighted by Crippen LogP contribution is 2.24. The second-order valence-corrected chi connectivity index (χ2v) is 4.96. The third kappa shape index (κ3) is 2.39. The van der Waals surface area contributed by atoms with Gasteiger partial charge in [-0.05, 0) is 38.7 Å². The summed E-state index contributed by atoms with van der Waals surface area (Å²) in [6.07, 6.45) is 3.69. The van der Waals surface area contributed by atoms with E-state index in [1.54, 1.807) is 0 Å². The number of piperidine rings is 1. The van der Waals surface area contributed by atoms with Crippen molar-refractivity contribution in [3.8, 4) is 0 Å². The van der Waals surface area contributed by atoms with E-state index in [0.717, 1.165) is 35.7 Å². The molecule has 0 radical (unpaired) electrons. The summed E-state index contributed by atoms with van der Waals surface area (Å²) in [5.74, 6) is 0.861. The minimum absolute atomic E-state index is 0.418. The lowest BCUT2D eigenvalue weighted by atomic mass is 10.1. The van der Waals surface area contributed by atoms with Crippen LogP contribution >= 0.6 is 12.2 Å². The molecule has 1 aromatic heterocycles. The van der Waals surface area contributed by atoms with Gasteiger partial charge in [0.2, 0.25) is 0 Å². The largest absolute Gasteiger partial charge is 0.389 e. The number of hydrogen-bond donors (Lipinski definition) is 1. The molecule has 0 saturated carbocycles. The molecule has 1 aromatic rings. The summed E-state index contributed by atoms with van der Waals surface area (Å²) in [4.78, 5) is 2.67. The van der Waals surface area contributed by atoms with Gasteiger partial charge in [0.05, 0.1) is 11.3 Å². The molecule has 2 rings (SSSR count). The van der Waals surface area contributed by atoms with E-state index in [4.69, 9.17) is 18.0 Å². The molecule has 0 aromatic carbocycles. The highest BCUT2D eigenvalue weighted by molar-refractivity contribution is 7.80. The van der Waals surface area contributed by atoms with Gasteiger partial charge in [0.25, 0.3) is 0 Å². The molecule has 1 aliphatic rings. The topological polar surface area (TPSA) is 55.0 Å². The molecule has 0 aliphatic carbocycles. The lowest BCUT2D eigenvalue weighted by Gasteiger charge is -2.29. The summed E-state index contributed by atoms with van der Waals surface area (Å²) in [6, 6.07) is 0. The number of aromatic nitrogens is 2. The predicted molar refractivity (Wildman–Crippen MR) is 73.5 cm³/mol. The Hall–Kier alpha value is -1.23. The van der Waals surface area contributed by atoms with E-state index in [1.165, 1.54) is 19.3 Å². The fourth-order valence-electron chi connectivity index (χ4n) is 2.22. The summed E-state index contributed by atoms with van der Waals surface area (Å²) in [6.45, 7) is 5.98. The van der Waals surface area contributed by atoms with E-state index >= 15 is 0 Å². The van der Waals surface area contributed by atoms with Gasteiger partial charge in [0, 0.05) is 13.1 Å².